The number of amides is 1. The summed E-state index contributed by atoms with van der Waals surface area (Å²) in [4.78, 5) is 35.6. The molecule has 6 nitrogen and oxygen atoms in total. The maximum atomic E-state index is 12.2. The third-order valence-electron chi connectivity index (χ3n) is 3.82. The highest BCUT2D eigenvalue weighted by Gasteiger charge is 2.12. The standard InChI is InChI=1S/C22H25NO5/c1-4-21(25)23-18-9-5-16(6-10-18)20(24)14-28-22(26)17-7-11-19(12-8-17)27-13-15(2)3/h5-12,15H,4,13-14H2,1-3H3,(H,23,25). The third-order valence-corrected chi connectivity index (χ3v) is 3.82. The summed E-state index contributed by atoms with van der Waals surface area (Å²) in [5, 5.41) is 2.70. The summed E-state index contributed by atoms with van der Waals surface area (Å²) in [7, 11) is 0. The lowest BCUT2D eigenvalue weighted by atomic mass is 10.1. The highest BCUT2D eigenvalue weighted by atomic mass is 16.5. The molecule has 0 saturated heterocycles. The van der Waals surface area contributed by atoms with E-state index in [4.69, 9.17) is 9.47 Å². The fourth-order valence-electron chi connectivity index (χ4n) is 2.24. The maximum Gasteiger partial charge on any atom is 0.338 e. The van der Waals surface area contributed by atoms with Gasteiger partial charge >= 0.3 is 5.97 Å². The molecule has 0 atom stereocenters. The summed E-state index contributed by atoms with van der Waals surface area (Å²) in [6.45, 7) is 6.10. The lowest BCUT2D eigenvalue weighted by molar-refractivity contribution is -0.115. The molecule has 0 fully saturated rings. The first kappa shape index (κ1) is 21.2. The Labute approximate surface area is 164 Å². The molecule has 148 valence electrons. The van der Waals surface area contributed by atoms with E-state index < -0.39 is 5.97 Å². The normalized spacial score (nSPS) is 10.4. The Bertz CT molecular complexity index is 810. The highest BCUT2D eigenvalue weighted by molar-refractivity contribution is 6.00. The van der Waals surface area contributed by atoms with Crippen LogP contribution in [0.3, 0.4) is 0 Å². The van der Waals surface area contributed by atoms with Crippen LogP contribution in [-0.2, 0) is 9.53 Å². The van der Waals surface area contributed by atoms with E-state index in [0.29, 0.717) is 41.5 Å². The van der Waals surface area contributed by atoms with E-state index in [0.717, 1.165) is 0 Å². The van der Waals surface area contributed by atoms with Crippen LogP contribution >= 0.6 is 0 Å². The Kier molecular flexibility index (Phi) is 7.75. The van der Waals surface area contributed by atoms with Crippen molar-refractivity contribution in [1.82, 2.24) is 0 Å². The van der Waals surface area contributed by atoms with Crippen LogP contribution in [0, 0.1) is 5.92 Å². The Morgan fingerprint density at radius 3 is 2.11 bits per heavy atom. The second kappa shape index (κ2) is 10.3. The number of ether oxygens (including phenoxy) is 2. The average molecular weight is 383 g/mol. The number of Topliss-reactive ketones (excluding diaryl/α,β-unsaturated/α-hetero) is 1. The van der Waals surface area contributed by atoms with E-state index in [1.807, 2.05) is 0 Å². The molecule has 1 N–H and O–H groups in total. The molecule has 0 saturated carbocycles. The maximum absolute atomic E-state index is 12.2. The fraction of sp³-hybridized carbons (Fsp3) is 0.318. The van der Waals surface area contributed by atoms with E-state index in [9.17, 15) is 14.4 Å². The van der Waals surface area contributed by atoms with Gasteiger partial charge in [0, 0.05) is 17.7 Å². The summed E-state index contributed by atoms with van der Waals surface area (Å²) in [6, 6.07) is 13.1. The third kappa shape index (κ3) is 6.54. The van der Waals surface area contributed by atoms with Crippen molar-refractivity contribution in [2.75, 3.05) is 18.5 Å². The van der Waals surface area contributed by atoms with Crippen molar-refractivity contribution in [3.8, 4) is 5.75 Å². The Balaban J connectivity index is 1.86. The lowest BCUT2D eigenvalue weighted by Crippen LogP contribution is -2.14. The smallest absolute Gasteiger partial charge is 0.338 e. The van der Waals surface area contributed by atoms with Gasteiger partial charge in [-0.3, -0.25) is 9.59 Å². The van der Waals surface area contributed by atoms with Gasteiger partial charge in [-0.05, 0) is 54.4 Å². The van der Waals surface area contributed by atoms with Crippen molar-refractivity contribution in [3.05, 3.63) is 59.7 Å². The number of ketones is 1. The van der Waals surface area contributed by atoms with Gasteiger partial charge in [-0.1, -0.05) is 20.8 Å². The fourth-order valence-corrected chi connectivity index (χ4v) is 2.24. The molecule has 0 spiro atoms. The molecule has 2 aromatic rings. The summed E-state index contributed by atoms with van der Waals surface area (Å²) >= 11 is 0. The summed E-state index contributed by atoms with van der Waals surface area (Å²) in [5.41, 5.74) is 1.36. The molecule has 0 heterocycles. The van der Waals surface area contributed by atoms with Crippen LogP contribution < -0.4 is 10.1 Å². The van der Waals surface area contributed by atoms with E-state index in [2.05, 4.69) is 19.2 Å². The van der Waals surface area contributed by atoms with Gasteiger partial charge in [-0.15, -0.1) is 0 Å². The first-order valence-electron chi connectivity index (χ1n) is 9.22. The summed E-state index contributed by atoms with van der Waals surface area (Å²) < 4.78 is 10.7. The average Bonchev–Trinajstić information content (AvgIpc) is 2.71. The molecule has 2 rings (SSSR count). The molecule has 1 amide bonds. The van der Waals surface area contributed by atoms with Gasteiger partial charge in [0.2, 0.25) is 5.91 Å². The van der Waals surface area contributed by atoms with E-state index >= 15 is 0 Å². The van der Waals surface area contributed by atoms with E-state index in [1.54, 1.807) is 55.5 Å². The Morgan fingerprint density at radius 2 is 1.54 bits per heavy atom. The van der Waals surface area contributed by atoms with Gasteiger partial charge < -0.3 is 14.8 Å². The minimum atomic E-state index is -0.574. The number of carbonyl (C=O) groups is 3. The second-order valence-corrected chi connectivity index (χ2v) is 6.71. The lowest BCUT2D eigenvalue weighted by Gasteiger charge is -2.09. The summed E-state index contributed by atoms with van der Waals surface area (Å²) in [6.07, 6.45) is 0.376. The van der Waals surface area contributed by atoms with Crippen molar-refractivity contribution in [2.45, 2.75) is 27.2 Å². The summed E-state index contributed by atoms with van der Waals surface area (Å²) in [5.74, 6) is 0.0899. The van der Waals surface area contributed by atoms with Crippen LogP contribution in [0.4, 0.5) is 5.69 Å². The number of hydrogen-bond donors (Lipinski definition) is 1. The molecule has 0 radical (unpaired) electrons. The van der Waals surface area contributed by atoms with E-state index in [1.165, 1.54) is 0 Å². The van der Waals surface area contributed by atoms with Gasteiger partial charge in [0.25, 0.3) is 0 Å². The van der Waals surface area contributed by atoms with Crippen LogP contribution in [0.25, 0.3) is 0 Å². The van der Waals surface area contributed by atoms with Gasteiger partial charge in [0.1, 0.15) is 5.75 Å². The predicted molar refractivity (Wildman–Crippen MR) is 107 cm³/mol. The minimum absolute atomic E-state index is 0.103. The van der Waals surface area contributed by atoms with Crippen molar-refractivity contribution < 1.29 is 23.9 Å². The van der Waals surface area contributed by atoms with Crippen LogP contribution in [-0.4, -0.2) is 30.9 Å². The first-order chi connectivity index (χ1) is 13.4. The first-order valence-corrected chi connectivity index (χ1v) is 9.22. The molecule has 0 unspecified atom stereocenters. The van der Waals surface area contributed by atoms with Crippen LogP contribution in [0.2, 0.25) is 0 Å². The van der Waals surface area contributed by atoms with Crippen molar-refractivity contribution >= 4 is 23.3 Å². The number of nitrogens with one attached hydrogen (secondary N) is 1. The van der Waals surface area contributed by atoms with Gasteiger partial charge in [-0.2, -0.15) is 0 Å². The van der Waals surface area contributed by atoms with Crippen molar-refractivity contribution in [2.24, 2.45) is 5.92 Å². The topological polar surface area (TPSA) is 81.7 Å². The van der Waals surface area contributed by atoms with Crippen molar-refractivity contribution in [3.63, 3.8) is 0 Å². The van der Waals surface area contributed by atoms with Gasteiger partial charge in [0.15, 0.2) is 12.4 Å². The monoisotopic (exact) mass is 383 g/mol. The minimum Gasteiger partial charge on any atom is -0.493 e. The molecule has 2 aromatic carbocycles. The van der Waals surface area contributed by atoms with Crippen LogP contribution in [0.5, 0.6) is 5.75 Å². The molecular formula is C22H25NO5. The largest absolute Gasteiger partial charge is 0.493 e. The number of carbonyl (C=O) groups excluding carboxylic acids is 3. The number of hydrogen-bond acceptors (Lipinski definition) is 5. The zero-order valence-corrected chi connectivity index (χ0v) is 16.4. The molecule has 0 bridgehead atoms. The zero-order chi connectivity index (χ0) is 20.5. The van der Waals surface area contributed by atoms with Crippen molar-refractivity contribution in [1.29, 1.82) is 0 Å². The molecule has 28 heavy (non-hydrogen) atoms. The molecule has 0 aliphatic heterocycles. The Hall–Kier alpha value is -3.15. The molecule has 6 heteroatoms. The molecule has 0 aromatic heterocycles. The number of anilines is 1. The number of benzene rings is 2. The van der Waals surface area contributed by atoms with E-state index in [-0.39, 0.29) is 18.3 Å². The molecular weight excluding hydrogens is 358 g/mol. The Morgan fingerprint density at radius 1 is 0.929 bits per heavy atom. The molecule has 0 aliphatic rings. The quantitative estimate of drug-likeness (QED) is 0.520. The SMILES string of the molecule is CCC(=O)Nc1ccc(C(=O)COC(=O)c2ccc(OCC(C)C)cc2)cc1. The number of rotatable bonds is 9. The zero-order valence-electron chi connectivity index (χ0n) is 16.4. The van der Waals surface area contributed by atoms with Gasteiger partial charge in [0.05, 0.1) is 12.2 Å². The van der Waals surface area contributed by atoms with Gasteiger partial charge in [-0.25, -0.2) is 4.79 Å². The van der Waals surface area contributed by atoms with Crippen LogP contribution in [0.1, 0.15) is 47.9 Å². The molecule has 0 aliphatic carbocycles. The number of esters is 1. The second-order valence-electron chi connectivity index (χ2n) is 6.71. The highest BCUT2D eigenvalue weighted by Crippen LogP contribution is 2.15. The predicted octanol–water partition coefficient (Wildman–Crippen LogP) is 4.11. The van der Waals surface area contributed by atoms with Crippen LogP contribution in [0.15, 0.2) is 48.5 Å².